The van der Waals surface area contributed by atoms with Gasteiger partial charge in [-0.3, -0.25) is 0 Å². The summed E-state index contributed by atoms with van der Waals surface area (Å²) in [6.45, 7) is 7.02. The van der Waals surface area contributed by atoms with Gasteiger partial charge in [0.05, 0.1) is 7.11 Å². The molecular weight excluding hydrogens is 234 g/mol. The van der Waals surface area contributed by atoms with E-state index in [-0.39, 0.29) is 0 Å². The first-order chi connectivity index (χ1) is 8.02. The number of benzene rings is 1. The summed E-state index contributed by atoms with van der Waals surface area (Å²) >= 11 is 6.25. The van der Waals surface area contributed by atoms with Crippen LogP contribution in [0.2, 0.25) is 5.02 Å². The van der Waals surface area contributed by atoms with Crippen LogP contribution in [0.1, 0.15) is 42.4 Å². The molecule has 0 radical (unpaired) electrons. The summed E-state index contributed by atoms with van der Waals surface area (Å²) in [6.07, 6.45) is 2.09. The van der Waals surface area contributed by atoms with Gasteiger partial charge in [0, 0.05) is 10.6 Å². The van der Waals surface area contributed by atoms with E-state index < -0.39 is 0 Å². The Labute approximate surface area is 109 Å². The number of hydrogen-bond donors (Lipinski definition) is 1. The second-order valence-corrected chi connectivity index (χ2v) is 4.99. The maximum absolute atomic E-state index is 6.25. The van der Waals surface area contributed by atoms with Gasteiger partial charge in [-0.2, -0.15) is 0 Å². The van der Waals surface area contributed by atoms with Crippen molar-refractivity contribution in [1.82, 2.24) is 0 Å². The molecule has 1 atom stereocenters. The molecule has 0 aromatic heterocycles. The highest BCUT2D eigenvalue weighted by molar-refractivity contribution is 6.31. The largest absolute Gasteiger partial charge is 0.496 e. The summed E-state index contributed by atoms with van der Waals surface area (Å²) in [5.41, 5.74) is 9.01. The zero-order chi connectivity index (χ0) is 13.0. The minimum absolute atomic E-state index is 0.422. The lowest BCUT2D eigenvalue weighted by Gasteiger charge is -2.21. The molecule has 0 aliphatic carbocycles. The van der Waals surface area contributed by atoms with Gasteiger partial charge in [-0.25, -0.2) is 0 Å². The van der Waals surface area contributed by atoms with E-state index >= 15 is 0 Å². The molecule has 2 nitrogen and oxygen atoms in total. The maximum atomic E-state index is 6.25. The SMILES string of the molecule is COc1c(C)cc(Cl)c(C)c1C(C)CCCN. The molecule has 1 rings (SSSR count). The van der Waals surface area contributed by atoms with Crippen LogP contribution in [0.15, 0.2) is 6.07 Å². The summed E-state index contributed by atoms with van der Waals surface area (Å²) in [4.78, 5) is 0. The van der Waals surface area contributed by atoms with Gasteiger partial charge < -0.3 is 10.5 Å². The monoisotopic (exact) mass is 255 g/mol. The minimum atomic E-state index is 0.422. The van der Waals surface area contributed by atoms with Gasteiger partial charge in [-0.1, -0.05) is 18.5 Å². The van der Waals surface area contributed by atoms with Crippen molar-refractivity contribution in [3.05, 3.63) is 27.8 Å². The predicted octanol–water partition coefficient (Wildman–Crippen LogP) is 3.81. The molecule has 0 spiro atoms. The highest BCUT2D eigenvalue weighted by atomic mass is 35.5. The topological polar surface area (TPSA) is 35.2 Å². The lowest BCUT2D eigenvalue weighted by Crippen LogP contribution is -2.06. The molecular formula is C14H22ClNO. The minimum Gasteiger partial charge on any atom is -0.496 e. The van der Waals surface area contributed by atoms with Gasteiger partial charge in [0.15, 0.2) is 0 Å². The molecule has 0 heterocycles. The molecule has 96 valence electrons. The van der Waals surface area contributed by atoms with Crippen molar-refractivity contribution >= 4 is 11.6 Å². The molecule has 0 amide bonds. The van der Waals surface area contributed by atoms with Crippen molar-refractivity contribution in [3.8, 4) is 5.75 Å². The average molecular weight is 256 g/mol. The first-order valence-electron chi connectivity index (χ1n) is 6.06. The van der Waals surface area contributed by atoms with Gasteiger partial charge in [0.25, 0.3) is 0 Å². The Morgan fingerprint density at radius 3 is 2.59 bits per heavy atom. The van der Waals surface area contributed by atoms with Crippen molar-refractivity contribution in [2.45, 2.75) is 39.5 Å². The maximum Gasteiger partial charge on any atom is 0.125 e. The van der Waals surface area contributed by atoms with E-state index in [0.29, 0.717) is 5.92 Å². The van der Waals surface area contributed by atoms with Crippen LogP contribution in [0.4, 0.5) is 0 Å². The number of aryl methyl sites for hydroxylation is 1. The fourth-order valence-corrected chi connectivity index (χ4v) is 2.57. The van der Waals surface area contributed by atoms with Crippen LogP contribution in [0.3, 0.4) is 0 Å². The molecule has 2 N–H and O–H groups in total. The van der Waals surface area contributed by atoms with E-state index in [9.17, 15) is 0 Å². The normalized spacial score (nSPS) is 12.6. The fraction of sp³-hybridized carbons (Fsp3) is 0.571. The first kappa shape index (κ1) is 14.3. The van der Waals surface area contributed by atoms with Gasteiger partial charge >= 0.3 is 0 Å². The Kier molecular flexibility index (Phi) is 5.29. The average Bonchev–Trinajstić information content (AvgIpc) is 2.30. The van der Waals surface area contributed by atoms with Gasteiger partial charge in [0.1, 0.15) is 5.75 Å². The number of nitrogens with two attached hydrogens (primary N) is 1. The van der Waals surface area contributed by atoms with Crippen molar-refractivity contribution in [1.29, 1.82) is 0 Å². The number of ether oxygens (including phenoxy) is 1. The summed E-state index contributed by atoms with van der Waals surface area (Å²) in [6, 6.07) is 1.97. The van der Waals surface area contributed by atoms with Crippen molar-refractivity contribution in [2.75, 3.05) is 13.7 Å². The summed E-state index contributed by atoms with van der Waals surface area (Å²) in [5.74, 6) is 1.39. The van der Waals surface area contributed by atoms with E-state index in [1.807, 2.05) is 13.0 Å². The van der Waals surface area contributed by atoms with Crippen molar-refractivity contribution in [3.63, 3.8) is 0 Å². The Balaban J connectivity index is 3.19. The molecule has 0 saturated heterocycles. The van der Waals surface area contributed by atoms with Gasteiger partial charge in [-0.15, -0.1) is 0 Å². The zero-order valence-electron chi connectivity index (χ0n) is 11.1. The van der Waals surface area contributed by atoms with Crippen LogP contribution in [0, 0.1) is 13.8 Å². The van der Waals surface area contributed by atoms with Crippen LogP contribution >= 0.6 is 11.6 Å². The third kappa shape index (κ3) is 3.14. The Hall–Kier alpha value is -0.730. The Morgan fingerprint density at radius 1 is 1.41 bits per heavy atom. The molecule has 0 aliphatic heterocycles. The molecule has 3 heteroatoms. The van der Waals surface area contributed by atoms with Gasteiger partial charge in [-0.05, 0) is 56.3 Å². The van der Waals surface area contributed by atoms with Crippen LogP contribution in [0.5, 0.6) is 5.75 Å². The third-order valence-electron chi connectivity index (χ3n) is 3.25. The van der Waals surface area contributed by atoms with Crippen LogP contribution < -0.4 is 10.5 Å². The van der Waals surface area contributed by atoms with Crippen molar-refractivity contribution < 1.29 is 4.74 Å². The quantitative estimate of drug-likeness (QED) is 0.868. The van der Waals surface area contributed by atoms with Crippen LogP contribution in [0.25, 0.3) is 0 Å². The highest BCUT2D eigenvalue weighted by Crippen LogP contribution is 2.38. The fourth-order valence-electron chi connectivity index (χ4n) is 2.31. The lowest BCUT2D eigenvalue weighted by molar-refractivity contribution is 0.401. The van der Waals surface area contributed by atoms with E-state index in [0.717, 1.165) is 41.3 Å². The summed E-state index contributed by atoms with van der Waals surface area (Å²) in [7, 11) is 1.72. The number of hydrogen-bond acceptors (Lipinski definition) is 2. The molecule has 1 aromatic rings. The zero-order valence-corrected chi connectivity index (χ0v) is 11.9. The molecule has 1 aromatic carbocycles. The van der Waals surface area contributed by atoms with E-state index in [4.69, 9.17) is 22.1 Å². The molecule has 0 saturated carbocycles. The van der Waals surface area contributed by atoms with Gasteiger partial charge in [0.2, 0.25) is 0 Å². The Morgan fingerprint density at radius 2 is 2.06 bits per heavy atom. The van der Waals surface area contributed by atoms with Crippen LogP contribution in [-0.2, 0) is 0 Å². The smallest absolute Gasteiger partial charge is 0.125 e. The molecule has 0 fully saturated rings. The number of methoxy groups -OCH3 is 1. The third-order valence-corrected chi connectivity index (χ3v) is 3.64. The number of rotatable bonds is 5. The molecule has 17 heavy (non-hydrogen) atoms. The predicted molar refractivity (Wildman–Crippen MR) is 74.2 cm³/mol. The van der Waals surface area contributed by atoms with E-state index in [2.05, 4.69) is 13.8 Å². The second-order valence-electron chi connectivity index (χ2n) is 4.58. The Bertz CT molecular complexity index is 390. The van der Waals surface area contributed by atoms with E-state index in [1.54, 1.807) is 7.11 Å². The lowest BCUT2D eigenvalue weighted by atomic mass is 9.90. The van der Waals surface area contributed by atoms with E-state index in [1.165, 1.54) is 5.56 Å². The second kappa shape index (κ2) is 6.27. The number of halogens is 1. The molecule has 0 aliphatic rings. The summed E-state index contributed by atoms with van der Waals surface area (Å²) < 4.78 is 5.52. The first-order valence-corrected chi connectivity index (χ1v) is 6.44. The highest BCUT2D eigenvalue weighted by Gasteiger charge is 2.18. The molecule has 1 unspecified atom stereocenters. The molecule has 0 bridgehead atoms. The van der Waals surface area contributed by atoms with Crippen molar-refractivity contribution in [2.24, 2.45) is 5.73 Å². The standard InChI is InChI=1S/C14H22ClNO/c1-9(6-5-7-16)13-11(3)12(15)8-10(2)14(13)17-4/h8-9H,5-7,16H2,1-4H3. The van der Waals surface area contributed by atoms with Crippen LogP contribution in [-0.4, -0.2) is 13.7 Å². The summed E-state index contributed by atoms with van der Waals surface area (Å²) in [5, 5.41) is 0.817.